The predicted molar refractivity (Wildman–Crippen MR) is 91.7 cm³/mol. The molecule has 0 bridgehead atoms. The molecule has 0 atom stereocenters. The van der Waals surface area contributed by atoms with Gasteiger partial charge in [0.15, 0.2) is 6.61 Å². The van der Waals surface area contributed by atoms with Crippen LogP contribution in [0.4, 0.5) is 11.4 Å². The molecule has 2 amide bonds. The third-order valence-electron chi connectivity index (χ3n) is 3.48. The first-order valence-electron chi connectivity index (χ1n) is 7.22. The van der Waals surface area contributed by atoms with E-state index in [-0.39, 0.29) is 18.4 Å². The molecule has 0 radical (unpaired) electrons. The molecule has 0 unspecified atom stereocenters. The van der Waals surface area contributed by atoms with E-state index in [1.165, 1.54) is 0 Å². The zero-order chi connectivity index (χ0) is 16.2. The summed E-state index contributed by atoms with van der Waals surface area (Å²) in [6.07, 6.45) is 1.03. The highest BCUT2D eigenvalue weighted by Crippen LogP contribution is 2.30. The summed E-state index contributed by atoms with van der Waals surface area (Å²) in [5.41, 5.74) is 2.30. The second-order valence-electron chi connectivity index (χ2n) is 5.19. The molecule has 0 saturated carbocycles. The van der Waals surface area contributed by atoms with Crippen LogP contribution in [0.15, 0.2) is 46.9 Å². The Balaban J connectivity index is 1.61. The number of carbonyl (C=O) groups is 2. The molecule has 1 aliphatic heterocycles. The molecule has 0 fully saturated rings. The van der Waals surface area contributed by atoms with Gasteiger partial charge in [0, 0.05) is 16.6 Å². The molecule has 23 heavy (non-hydrogen) atoms. The van der Waals surface area contributed by atoms with Crippen molar-refractivity contribution in [1.82, 2.24) is 0 Å². The number of carbonyl (C=O) groups excluding carboxylic acids is 2. The first-order chi connectivity index (χ1) is 11.1. The standard InChI is InChI=1S/C17H15BrN2O3/c18-13-4-2-1-3-11(13)5-8-16(21)19-12-6-7-15-14(9-12)20-17(22)10-23-15/h1-4,6-7,9H,5,8,10H2,(H,19,21)(H,20,22). The molecule has 5 nitrogen and oxygen atoms in total. The Labute approximate surface area is 142 Å². The molecule has 1 heterocycles. The topological polar surface area (TPSA) is 67.4 Å². The van der Waals surface area contributed by atoms with E-state index in [0.29, 0.717) is 30.0 Å². The number of fused-ring (bicyclic) bond motifs is 1. The van der Waals surface area contributed by atoms with Crippen LogP contribution in [0.1, 0.15) is 12.0 Å². The first kappa shape index (κ1) is 15.6. The maximum absolute atomic E-state index is 12.1. The molecule has 0 aromatic heterocycles. The van der Waals surface area contributed by atoms with Gasteiger partial charge in [-0.1, -0.05) is 34.1 Å². The lowest BCUT2D eigenvalue weighted by atomic mass is 10.1. The van der Waals surface area contributed by atoms with Crippen LogP contribution in [0.25, 0.3) is 0 Å². The molecule has 1 aliphatic rings. The summed E-state index contributed by atoms with van der Waals surface area (Å²) in [7, 11) is 0. The van der Waals surface area contributed by atoms with Crippen molar-refractivity contribution >= 4 is 39.1 Å². The number of hydrogen-bond donors (Lipinski definition) is 2. The van der Waals surface area contributed by atoms with Crippen LogP contribution in [0.3, 0.4) is 0 Å². The minimum Gasteiger partial charge on any atom is -0.482 e. The van der Waals surface area contributed by atoms with Gasteiger partial charge in [0.1, 0.15) is 5.75 Å². The minimum absolute atomic E-state index is 0.0185. The molecule has 0 spiro atoms. The van der Waals surface area contributed by atoms with E-state index >= 15 is 0 Å². The third kappa shape index (κ3) is 3.90. The highest BCUT2D eigenvalue weighted by atomic mass is 79.9. The molecule has 3 rings (SSSR count). The molecule has 0 saturated heterocycles. The van der Waals surface area contributed by atoms with Gasteiger partial charge in [0.05, 0.1) is 5.69 Å². The molecule has 0 aliphatic carbocycles. The lowest BCUT2D eigenvalue weighted by Crippen LogP contribution is -2.25. The molecular weight excluding hydrogens is 360 g/mol. The number of halogens is 1. The largest absolute Gasteiger partial charge is 0.482 e. The number of anilines is 2. The lowest BCUT2D eigenvalue weighted by Gasteiger charge is -2.18. The van der Waals surface area contributed by atoms with Gasteiger partial charge in [-0.05, 0) is 36.2 Å². The SMILES string of the molecule is O=C(CCc1ccccc1Br)Nc1ccc2c(c1)NC(=O)CO2. The summed E-state index contributed by atoms with van der Waals surface area (Å²) in [6, 6.07) is 13.0. The smallest absolute Gasteiger partial charge is 0.262 e. The van der Waals surface area contributed by atoms with Gasteiger partial charge in [0.25, 0.3) is 5.91 Å². The van der Waals surface area contributed by atoms with Crippen LogP contribution in [-0.2, 0) is 16.0 Å². The van der Waals surface area contributed by atoms with Crippen molar-refractivity contribution in [1.29, 1.82) is 0 Å². The van der Waals surface area contributed by atoms with Gasteiger partial charge in [0.2, 0.25) is 5.91 Å². The Hall–Kier alpha value is -2.34. The highest BCUT2D eigenvalue weighted by Gasteiger charge is 2.16. The Morgan fingerprint density at radius 2 is 2.09 bits per heavy atom. The van der Waals surface area contributed by atoms with E-state index in [9.17, 15) is 9.59 Å². The fourth-order valence-electron chi connectivity index (χ4n) is 2.33. The van der Waals surface area contributed by atoms with E-state index in [2.05, 4.69) is 26.6 Å². The predicted octanol–water partition coefficient (Wildman–Crippen LogP) is 3.35. The maximum atomic E-state index is 12.1. The van der Waals surface area contributed by atoms with Crippen molar-refractivity contribution in [2.75, 3.05) is 17.2 Å². The number of benzene rings is 2. The average Bonchev–Trinajstić information content (AvgIpc) is 2.54. The number of amides is 2. The lowest BCUT2D eigenvalue weighted by molar-refractivity contribution is -0.118. The van der Waals surface area contributed by atoms with E-state index in [1.54, 1.807) is 18.2 Å². The van der Waals surface area contributed by atoms with Crippen molar-refractivity contribution in [3.63, 3.8) is 0 Å². The Morgan fingerprint density at radius 3 is 2.91 bits per heavy atom. The minimum atomic E-state index is -0.199. The maximum Gasteiger partial charge on any atom is 0.262 e. The van der Waals surface area contributed by atoms with E-state index in [0.717, 1.165) is 10.0 Å². The first-order valence-corrected chi connectivity index (χ1v) is 8.01. The van der Waals surface area contributed by atoms with Gasteiger partial charge in [-0.2, -0.15) is 0 Å². The second kappa shape index (κ2) is 6.83. The summed E-state index contributed by atoms with van der Waals surface area (Å²) in [5.74, 6) is 0.328. The van der Waals surface area contributed by atoms with Crippen molar-refractivity contribution in [3.8, 4) is 5.75 Å². The van der Waals surface area contributed by atoms with Gasteiger partial charge in [-0.15, -0.1) is 0 Å². The van der Waals surface area contributed by atoms with Crippen LogP contribution >= 0.6 is 15.9 Å². The number of rotatable bonds is 4. The van der Waals surface area contributed by atoms with Crippen molar-refractivity contribution in [2.24, 2.45) is 0 Å². The summed E-state index contributed by atoms with van der Waals surface area (Å²) in [5, 5.41) is 5.55. The number of aryl methyl sites for hydroxylation is 1. The summed E-state index contributed by atoms with van der Waals surface area (Å²) >= 11 is 3.47. The quantitative estimate of drug-likeness (QED) is 0.861. The van der Waals surface area contributed by atoms with Crippen LogP contribution in [-0.4, -0.2) is 18.4 Å². The van der Waals surface area contributed by atoms with Crippen LogP contribution in [0.5, 0.6) is 5.75 Å². The highest BCUT2D eigenvalue weighted by molar-refractivity contribution is 9.10. The molecule has 2 N–H and O–H groups in total. The van der Waals surface area contributed by atoms with E-state index < -0.39 is 0 Å². The Morgan fingerprint density at radius 1 is 1.26 bits per heavy atom. The Bertz CT molecular complexity index is 761. The van der Waals surface area contributed by atoms with Crippen LogP contribution < -0.4 is 15.4 Å². The number of ether oxygens (including phenoxy) is 1. The van der Waals surface area contributed by atoms with E-state index in [1.807, 2.05) is 24.3 Å². The normalized spacial score (nSPS) is 12.8. The molecule has 2 aromatic rings. The molecular formula is C17H15BrN2O3. The van der Waals surface area contributed by atoms with Crippen LogP contribution in [0, 0.1) is 0 Å². The van der Waals surface area contributed by atoms with Crippen molar-refractivity contribution in [3.05, 3.63) is 52.5 Å². The van der Waals surface area contributed by atoms with Gasteiger partial charge in [-0.25, -0.2) is 0 Å². The van der Waals surface area contributed by atoms with Crippen LogP contribution in [0.2, 0.25) is 0 Å². The fourth-order valence-corrected chi connectivity index (χ4v) is 2.82. The Kier molecular flexibility index (Phi) is 4.62. The molecule has 118 valence electrons. The third-order valence-corrected chi connectivity index (χ3v) is 4.25. The van der Waals surface area contributed by atoms with E-state index in [4.69, 9.17) is 4.74 Å². The number of nitrogens with one attached hydrogen (secondary N) is 2. The summed E-state index contributed by atoms with van der Waals surface area (Å²) < 4.78 is 6.29. The second-order valence-corrected chi connectivity index (χ2v) is 6.04. The zero-order valence-corrected chi connectivity index (χ0v) is 13.9. The summed E-state index contributed by atoms with van der Waals surface area (Å²) in [4.78, 5) is 23.4. The van der Waals surface area contributed by atoms with Gasteiger partial charge >= 0.3 is 0 Å². The van der Waals surface area contributed by atoms with Gasteiger partial charge < -0.3 is 15.4 Å². The summed E-state index contributed by atoms with van der Waals surface area (Å²) in [6.45, 7) is 0.0185. The monoisotopic (exact) mass is 374 g/mol. The van der Waals surface area contributed by atoms with Crippen molar-refractivity contribution < 1.29 is 14.3 Å². The molecule has 2 aromatic carbocycles. The number of hydrogen-bond acceptors (Lipinski definition) is 3. The van der Waals surface area contributed by atoms with Gasteiger partial charge in [-0.3, -0.25) is 9.59 Å². The average molecular weight is 375 g/mol. The molecule has 6 heteroatoms. The zero-order valence-electron chi connectivity index (χ0n) is 12.3. The fraction of sp³-hybridized carbons (Fsp3) is 0.176. The van der Waals surface area contributed by atoms with Crippen molar-refractivity contribution in [2.45, 2.75) is 12.8 Å².